The topological polar surface area (TPSA) is 20.3 Å². The molecule has 3 heteroatoms. The first kappa shape index (κ1) is 17.2. The van der Waals surface area contributed by atoms with E-state index in [1.54, 1.807) is 12.1 Å². The molecule has 0 saturated carbocycles. The summed E-state index contributed by atoms with van der Waals surface area (Å²) >= 11 is 5.91. The zero-order valence-electron chi connectivity index (χ0n) is 14.0. The van der Waals surface area contributed by atoms with E-state index in [-0.39, 0.29) is 5.78 Å². The number of Topliss-reactive ketones (excluding diaryl/α,β-unsaturated/α-hetero) is 1. The fourth-order valence-corrected chi connectivity index (χ4v) is 3.61. The van der Waals surface area contributed by atoms with E-state index in [0.29, 0.717) is 17.6 Å². The number of halogens is 1. The van der Waals surface area contributed by atoms with Crippen molar-refractivity contribution in [2.45, 2.75) is 38.1 Å². The van der Waals surface area contributed by atoms with Crippen LogP contribution in [0.15, 0.2) is 54.6 Å². The lowest BCUT2D eigenvalue weighted by atomic mass is 9.95. The normalized spacial score (nSPS) is 18.5. The molecule has 1 aliphatic heterocycles. The van der Waals surface area contributed by atoms with Crippen molar-refractivity contribution in [3.05, 3.63) is 70.7 Å². The van der Waals surface area contributed by atoms with Gasteiger partial charge >= 0.3 is 0 Å². The summed E-state index contributed by atoms with van der Waals surface area (Å²) in [5.74, 6) is 0.193. The van der Waals surface area contributed by atoms with Crippen LogP contribution in [-0.4, -0.2) is 29.8 Å². The second kappa shape index (κ2) is 8.46. The molecule has 2 aromatic carbocycles. The van der Waals surface area contributed by atoms with Crippen molar-refractivity contribution in [2.24, 2.45) is 0 Å². The van der Waals surface area contributed by atoms with Crippen LogP contribution in [0.4, 0.5) is 0 Å². The van der Waals surface area contributed by atoms with Crippen molar-refractivity contribution in [3.63, 3.8) is 0 Å². The maximum absolute atomic E-state index is 12.6. The van der Waals surface area contributed by atoms with E-state index in [9.17, 15) is 4.79 Å². The Labute approximate surface area is 149 Å². The minimum Gasteiger partial charge on any atom is -0.293 e. The first-order chi connectivity index (χ1) is 11.7. The lowest BCUT2D eigenvalue weighted by Crippen LogP contribution is -2.42. The van der Waals surface area contributed by atoms with Gasteiger partial charge in [0.05, 0.1) is 6.54 Å². The van der Waals surface area contributed by atoms with Gasteiger partial charge < -0.3 is 0 Å². The van der Waals surface area contributed by atoms with Gasteiger partial charge in [-0.15, -0.1) is 0 Å². The van der Waals surface area contributed by atoms with Crippen molar-refractivity contribution in [1.29, 1.82) is 0 Å². The molecule has 0 aromatic heterocycles. The van der Waals surface area contributed by atoms with Crippen LogP contribution in [0.3, 0.4) is 0 Å². The molecular weight excluding hydrogens is 318 g/mol. The van der Waals surface area contributed by atoms with Gasteiger partial charge in [0.2, 0.25) is 0 Å². The summed E-state index contributed by atoms with van der Waals surface area (Å²) in [5, 5.41) is 0.672. The molecular formula is C21H24ClNO. The largest absolute Gasteiger partial charge is 0.293 e. The van der Waals surface area contributed by atoms with Crippen molar-refractivity contribution in [2.75, 3.05) is 13.1 Å². The second-order valence-electron chi connectivity index (χ2n) is 6.57. The van der Waals surface area contributed by atoms with Gasteiger partial charge in [-0.2, -0.15) is 0 Å². The minimum absolute atomic E-state index is 0.193. The number of ketones is 1. The summed E-state index contributed by atoms with van der Waals surface area (Å²) in [6.07, 6.45) is 5.86. The highest BCUT2D eigenvalue weighted by Gasteiger charge is 2.24. The van der Waals surface area contributed by atoms with Crippen molar-refractivity contribution in [1.82, 2.24) is 4.90 Å². The van der Waals surface area contributed by atoms with Crippen molar-refractivity contribution in [3.8, 4) is 0 Å². The molecule has 2 nitrogen and oxygen atoms in total. The van der Waals surface area contributed by atoms with Crippen LogP contribution in [0, 0.1) is 0 Å². The molecule has 24 heavy (non-hydrogen) atoms. The Kier molecular flexibility index (Phi) is 6.06. The first-order valence-electron chi connectivity index (χ1n) is 8.79. The molecule has 0 aliphatic carbocycles. The van der Waals surface area contributed by atoms with E-state index in [1.807, 2.05) is 12.1 Å². The third kappa shape index (κ3) is 4.68. The SMILES string of the molecule is O=C(CN1CCCCC1CCc1ccccc1)c1ccc(Cl)cc1. The number of aryl methyl sites for hydroxylation is 1. The quantitative estimate of drug-likeness (QED) is 0.688. The lowest BCUT2D eigenvalue weighted by Gasteiger charge is -2.35. The number of carbonyl (C=O) groups excluding carboxylic acids is 1. The van der Waals surface area contributed by atoms with Crippen LogP contribution >= 0.6 is 11.6 Å². The number of benzene rings is 2. The van der Waals surface area contributed by atoms with Gasteiger partial charge in [-0.1, -0.05) is 48.4 Å². The minimum atomic E-state index is 0.193. The van der Waals surface area contributed by atoms with Crippen LogP contribution in [-0.2, 0) is 6.42 Å². The maximum atomic E-state index is 12.6. The fraction of sp³-hybridized carbons (Fsp3) is 0.381. The van der Waals surface area contributed by atoms with E-state index in [2.05, 4.69) is 35.2 Å². The summed E-state index contributed by atoms with van der Waals surface area (Å²) in [6.45, 7) is 1.54. The number of rotatable bonds is 6. The number of piperidine rings is 1. The summed E-state index contributed by atoms with van der Waals surface area (Å²) < 4.78 is 0. The fourth-order valence-electron chi connectivity index (χ4n) is 3.48. The van der Waals surface area contributed by atoms with Gasteiger partial charge in [-0.3, -0.25) is 9.69 Å². The van der Waals surface area contributed by atoms with E-state index in [1.165, 1.54) is 24.8 Å². The molecule has 3 rings (SSSR count). The maximum Gasteiger partial charge on any atom is 0.176 e. The number of hydrogen-bond acceptors (Lipinski definition) is 2. The van der Waals surface area contributed by atoms with Gasteiger partial charge in [0, 0.05) is 16.6 Å². The Morgan fingerprint density at radius 2 is 1.79 bits per heavy atom. The molecule has 0 spiro atoms. The smallest absolute Gasteiger partial charge is 0.176 e. The van der Waals surface area contributed by atoms with E-state index in [0.717, 1.165) is 24.9 Å². The van der Waals surface area contributed by atoms with Crippen LogP contribution in [0.1, 0.15) is 41.6 Å². The molecule has 0 bridgehead atoms. The van der Waals surface area contributed by atoms with Crippen LogP contribution < -0.4 is 0 Å². The standard InChI is InChI=1S/C21H24ClNO/c22-19-12-10-18(11-13-19)21(24)16-23-15-5-4-8-20(23)14-9-17-6-2-1-3-7-17/h1-3,6-7,10-13,20H,4-5,8-9,14-16H2. The highest BCUT2D eigenvalue weighted by Crippen LogP contribution is 2.22. The summed E-state index contributed by atoms with van der Waals surface area (Å²) in [6, 6.07) is 18.4. The molecule has 0 amide bonds. The number of nitrogens with zero attached hydrogens (tertiary/aromatic N) is 1. The van der Waals surface area contributed by atoms with Gasteiger partial charge in [-0.25, -0.2) is 0 Å². The van der Waals surface area contributed by atoms with Crippen LogP contribution in [0.2, 0.25) is 5.02 Å². The van der Waals surface area contributed by atoms with E-state index >= 15 is 0 Å². The van der Waals surface area contributed by atoms with Crippen LogP contribution in [0.25, 0.3) is 0 Å². The Morgan fingerprint density at radius 3 is 2.54 bits per heavy atom. The second-order valence-corrected chi connectivity index (χ2v) is 7.01. The molecule has 126 valence electrons. The Hall–Kier alpha value is -1.64. The predicted molar refractivity (Wildman–Crippen MR) is 99.8 cm³/mol. The Balaban J connectivity index is 1.59. The molecule has 1 unspecified atom stereocenters. The zero-order valence-corrected chi connectivity index (χ0v) is 14.7. The van der Waals surface area contributed by atoms with E-state index in [4.69, 9.17) is 11.6 Å². The van der Waals surface area contributed by atoms with Crippen molar-refractivity contribution >= 4 is 17.4 Å². The molecule has 1 atom stereocenters. The summed E-state index contributed by atoms with van der Waals surface area (Å²) in [5.41, 5.74) is 2.14. The number of carbonyl (C=O) groups is 1. The van der Waals surface area contributed by atoms with Gasteiger partial charge in [0.1, 0.15) is 0 Å². The molecule has 0 radical (unpaired) electrons. The Morgan fingerprint density at radius 1 is 1.04 bits per heavy atom. The third-order valence-electron chi connectivity index (χ3n) is 4.87. The van der Waals surface area contributed by atoms with Crippen LogP contribution in [0.5, 0.6) is 0 Å². The highest BCUT2D eigenvalue weighted by molar-refractivity contribution is 6.30. The van der Waals surface area contributed by atoms with Gasteiger partial charge in [-0.05, 0) is 62.1 Å². The van der Waals surface area contributed by atoms with E-state index < -0.39 is 0 Å². The number of likely N-dealkylation sites (tertiary alicyclic amines) is 1. The first-order valence-corrected chi connectivity index (χ1v) is 9.17. The summed E-state index contributed by atoms with van der Waals surface area (Å²) in [4.78, 5) is 14.9. The highest BCUT2D eigenvalue weighted by atomic mass is 35.5. The van der Waals surface area contributed by atoms with Crippen molar-refractivity contribution < 1.29 is 4.79 Å². The average Bonchev–Trinajstić information content (AvgIpc) is 2.62. The summed E-state index contributed by atoms with van der Waals surface area (Å²) in [7, 11) is 0. The molecule has 1 heterocycles. The lowest BCUT2D eigenvalue weighted by molar-refractivity contribution is 0.0832. The Bertz CT molecular complexity index is 653. The predicted octanol–water partition coefficient (Wildman–Crippen LogP) is 5.01. The van der Waals surface area contributed by atoms with Gasteiger partial charge in [0.25, 0.3) is 0 Å². The third-order valence-corrected chi connectivity index (χ3v) is 5.12. The average molecular weight is 342 g/mol. The molecule has 1 aliphatic rings. The zero-order chi connectivity index (χ0) is 16.8. The monoisotopic (exact) mass is 341 g/mol. The molecule has 0 N–H and O–H groups in total. The number of hydrogen-bond donors (Lipinski definition) is 0. The molecule has 1 saturated heterocycles. The molecule has 2 aromatic rings. The van der Waals surface area contributed by atoms with Gasteiger partial charge in [0.15, 0.2) is 5.78 Å². The molecule has 1 fully saturated rings.